The Balaban J connectivity index is 3.93. The number of likely N-dealkylation sites (N-methyl/N-ethyl adjacent to an activating group) is 1. The normalized spacial score (nSPS) is 14.0. The first-order chi connectivity index (χ1) is 30.5. The van der Waals surface area contributed by atoms with Crippen LogP contribution < -0.4 is 5.32 Å². The van der Waals surface area contributed by atoms with Crippen molar-refractivity contribution in [1.82, 2.24) is 5.32 Å². The SMILES string of the molecule is CCCCCCCCCCCCCCCCCCCCCCCCCCCCCCCCCC(O)C(COP(=O)(O)OCC[N+](C)(C)C)NC(=O)CCCCCCCCCCCC. The zero-order valence-corrected chi connectivity index (χ0v) is 44.0. The monoisotopic (exact) mass is 916 g/mol. The lowest BCUT2D eigenvalue weighted by atomic mass is 10.0. The van der Waals surface area contributed by atoms with Gasteiger partial charge in [-0.1, -0.05) is 271 Å². The number of phosphoric acid groups is 1. The van der Waals surface area contributed by atoms with Crippen molar-refractivity contribution in [1.29, 1.82) is 0 Å². The number of nitrogens with zero attached hydrogens (tertiary/aromatic N) is 1. The van der Waals surface area contributed by atoms with E-state index in [4.69, 9.17) is 9.05 Å². The molecule has 378 valence electrons. The van der Waals surface area contributed by atoms with Crippen LogP contribution in [0.2, 0.25) is 0 Å². The van der Waals surface area contributed by atoms with Gasteiger partial charge in [0, 0.05) is 6.42 Å². The standard InChI is InChI=1S/C54H111N2O6P/c1-6-8-10-12-14-16-18-19-20-21-22-23-24-25-26-27-28-29-30-31-32-33-34-35-36-37-38-39-41-43-45-47-53(57)52(51-62-63(59,60)61-50-49-56(3,4)5)55-54(58)48-46-44-42-40-17-15-13-11-9-7-2/h52-53,57H,6-51H2,1-5H3,(H-,55,58,59,60)/p+1. The number of nitrogens with one attached hydrogen (secondary N) is 1. The van der Waals surface area contributed by atoms with E-state index >= 15 is 0 Å². The van der Waals surface area contributed by atoms with Gasteiger partial charge in [-0.2, -0.15) is 0 Å². The van der Waals surface area contributed by atoms with Gasteiger partial charge in [-0.15, -0.1) is 0 Å². The molecular weight excluding hydrogens is 804 g/mol. The van der Waals surface area contributed by atoms with E-state index in [1.165, 1.54) is 225 Å². The molecule has 0 bridgehead atoms. The van der Waals surface area contributed by atoms with Gasteiger partial charge >= 0.3 is 7.82 Å². The van der Waals surface area contributed by atoms with Crippen LogP contribution >= 0.6 is 7.82 Å². The molecule has 3 atom stereocenters. The van der Waals surface area contributed by atoms with E-state index in [0.29, 0.717) is 23.9 Å². The van der Waals surface area contributed by atoms with Gasteiger partial charge in [-0.3, -0.25) is 13.8 Å². The molecule has 9 heteroatoms. The fourth-order valence-corrected chi connectivity index (χ4v) is 9.43. The van der Waals surface area contributed by atoms with E-state index in [0.717, 1.165) is 38.5 Å². The molecule has 63 heavy (non-hydrogen) atoms. The largest absolute Gasteiger partial charge is 0.472 e. The van der Waals surface area contributed by atoms with Crippen LogP contribution in [0.3, 0.4) is 0 Å². The third-order valence-corrected chi connectivity index (χ3v) is 14.1. The van der Waals surface area contributed by atoms with Crippen LogP contribution in [0.25, 0.3) is 0 Å². The second-order valence-electron chi connectivity index (χ2n) is 20.7. The number of quaternary nitrogens is 1. The molecule has 0 saturated carbocycles. The minimum absolute atomic E-state index is 0.0787. The third-order valence-electron chi connectivity index (χ3n) is 13.1. The molecule has 0 aliphatic rings. The van der Waals surface area contributed by atoms with Crippen LogP contribution in [0.5, 0.6) is 0 Å². The molecular formula is C54H112N2O6P+. The fraction of sp³-hybridized carbons (Fsp3) is 0.981. The first kappa shape index (κ1) is 62.5. The van der Waals surface area contributed by atoms with E-state index < -0.39 is 20.0 Å². The molecule has 0 fully saturated rings. The summed E-state index contributed by atoms with van der Waals surface area (Å²) in [6.45, 7) is 4.91. The van der Waals surface area contributed by atoms with Crippen molar-refractivity contribution in [2.24, 2.45) is 0 Å². The molecule has 0 radical (unpaired) electrons. The number of phosphoric ester groups is 1. The fourth-order valence-electron chi connectivity index (χ4n) is 8.70. The van der Waals surface area contributed by atoms with Gasteiger partial charge in [0.15, 0.2) is 0 Å². The number of carbonyl (C=O) groups is 1. The summed E-state index contributed by atoms with van der Waals surface area (Å²) >= 11 is 0. The summed E-state index contributed by atoms with van der Waals surface area (Å²) in [4.78, 5) is 23.2. The topological polar surface area (TPSA) is 105 Å². The zero-order valence-electron chi connectivity index (χ0n) is 43.1. The Morgan fingerprint density at radius 1 is 0.476 bits per heavy atom. The number of aliphatic hydroxyl groups is 1. The molecule has 0 aliphatic heterocycles. The van der Waals surface area contributed by atoms with E-state index in [1.807, 2.05) is 21.1 Å². The van der Waals surface area contributed by atoms with Crippen LogP contribution in [0.4, 0.5) is 0 Å². The quantitative estimate of drug-likeness (QED) is 0.0319. The van der Waals surface area contributed by atoms with Gasteiger partial charge in [0.2, 0.25) is 5.91 Å². The number of carbonyl (C=O) groups excluding carboxylic acids is 1. The zero-order chi connectivity index (χ0) is 46.4. The van der Waals surface area contributed by atoms with Crippen molar-refractivity contribution in [2.45, 2.75) is 302 Å². The summed E-state index contributed by atoms with van der Waals surface area (Å²) in [5.74, 6) is -0.142. The highest BCUT2D eigenvalue weighted by molar-refractivity contribution is 7.47. The predicted molar refractivity (Wildman–Crippen MR) is 272 cm³/mol. The number of rotatable bonds is 52. The minimum Gasteiger partial charge on any atom is -0.391 e. The highest BCUT2D eigenvalue weighted by Crippen LogP contribution is 2.43. The number of unbranched alkanes of at least 4 members (excludes halogenated alkanes) is 39. The van der Waals surface area contributed by atoms with Crippen molar-refractivity contribution >= 4 is 13.7 Å². The summed E-state index contributed by atoms with van der Waals surface area (Å²) in [6.07, 6.45) is 54.6. The molecule has 1 amide bonds. The van der Waals surface area contributed by atoms with Crippen molar-refractivity contribution in [3.8, 4) is 0 Å². The average Bonchev–Trinajstić information content (AvgIpc) is 3.24. The van der Waals surface area contributed by atoms with Crippen LogP contribution in [0, 0.1) is 0 Å². The molecule has 0 aromatic carbocycles. The van der Waals surface area contributed by atoms with Crippen LogP contribution in [0.15, 0.2) is 0 Å². The highest BCUT2D eigenvalue weighted by atomic mass is 31.2. The van der Waals surface area contributed by atoms with Crippen LogP contribution in [-0.4, -0.2) is 73.4 Å². The van der Waals surface area contributed by atoms with Gasteiger partial charge in [0.25, 0.3) is 0 Å². The van der Waals surface area contributed by atoms with Crippen LogP contribution in [0.1, 0.15) is 290 Å². The molecule has 3 unspecified atom stereocenters. The minimum atomic E-state index is -4.31. The molecule has 0 spiro atoms. The van der Waals surface area contributed by atoms with Gasteiger partial charge in [0.1, 0.15) is 13.2 Å². The summed E-state index contributed by atoms with van der Waals surface area (Å²) in [7, 11) is 1.63. The van der Waals surface area contributed by atoms with E-state index in [9.17, 15) is 19.4 Å². The second-order valence-corrected chi connectivity index (χ2v) is 22.1. The Bertz CT molecular complexity index is 994. The molecule has 0 aromatic heterocycles. The summed E-state index contributed by atoms with van der Waals surface area (Å²) in [5.41, 5.74) is 0. The lowest BCUT2D eigenvalue weighted by Crippen LogP contribution is -2.46. The van der Waals surface area contributed by atoms with Crippen LogP contribution in [-0.2, 0) is 18.4 Å². The highest BCUT2D eigenvalue weighted by Gasteiger charge is 2.28. The van der Waals surface area contributed by atoms with Crippen molar-refractivity contribution < 1.29 is 32.9 Å². The third kappa shape index (κ3) is 49.2. The molecule has 0 saturated heterocycles. The molecule has 0 heterocycles. The Labute approximate surface area is 393 Å². The Hall–Kier alpha value is -0.500. The Morgan fingerprint density at radius 2 is 0.762 bits per heavy atom. The summed E-state index contributed by atoms with van der Waals surface area (Å²) in [5, 5.41) is 14.0. The van der Waals surface area contributed by atoms with Crippen molar-refractivity contribution in [3.05, 3.63) is 0 Å². The molecule has 3 N–H and O–H groups in total. The lowest BCUT2D eigenvalue weighted by molar-refractivity contribution is -0.870. The Kier molecular flexibility index (Phi) is 46.2. The molecule has 8 nitrogen and oxygen atoms in total. The summed E-state index contributed by atoms with van der Waals surface area (Å²) < 4.78 is 23.7. The number of amides is 1. The van der Waals surface area contributed by atoms with E-state index in [1.54, 1.807) is 0 Å². The molecule has 0 aromatic rings. The number of aliphatic hydroxyl groups excluding tert-OH is 1. The maximum atomic E-state index is 12.9. The number of hydrogen-bond donors (Lipinski definition) is 3. The van der Waals surface area contributed by atoms with E-state index in [-0.39, 0.29) is 19.1 Å². The number of hydrogen-bond acceptors (Lipinski definition) is 5. The second kappa shape index (κ2) is 46.6. The maximum Gasteiger partial charge on any atom is 0.472 e. The predicted octanol–water partition coefficient (Wildman–Crippen LogP) is 16.5. The van der Waals surface area contributed by atoms with Gasteiger partial charge in [-0.25, -0.2) is 4.57 Å². The smallest absolute Gasteiger partial charge is 0.391 e. The van der Waals surface area contributed by atoms with Gasteiger partial charge < -0.3 is 19.8 Å². The maximum absolute atomic E-state index is 12.9. The first-order valence-electron chi connectivity index (χ1n) is 27.9. The first-order valence-corrected chi connectivity index (χ1v) is 29.4. The van der Waals surface area contributed by atoms with Gasteiger partial charge in [0.05, 0.1) is 39.9 Å². The molecule has 0 aliphatic carbocycles. The summed E-state index contributed by atoms with van der Waals surface area (Å²) in [6, 6.07) is -0.753. The average molecular weight is 916 g/mol. The van der Waals surface area contributed by atoms with E-state index in [2.05, 4.69) is 19.2 Å². The Morgan fingerprint density at radius 3 is 1.06 bits per heavy atom. The molecule has 0 rings (SSSR count). The van der Waals surface area contributed by atoms with Crippen molar-refractivity contribution in [2.75, 3.05) is 40.9 Å². The van der Waals surface area contributed by atoms with Gasteiger partial charge in [-0.05, 0) is 12.8 Å². The lowest BCUT2D eigenvalue weighted by Gasteiger charge is -2.26. The van der Waals surface area contributed by atoms with Crippen molar-refractivity contribution in [3.63, 3.8) is 0 Å².